The van der Waals surface area contributed by atoms with Crippen LogP contribution in [0.25, 0.3) is 11.1 Å². The number of benzene rings is 1. The molecule has 0 amide bonds. The summed E-state index contributed by atoms with van der Waals surface area (Å²) in [6, 6.07) is 7.14. The molecule has 0 aliphatic rings. The van der Waals surface area contributed by atoms with Crippen LogP contribution in [0.4, 0.5) is 0 Å². The molecule has 2 aromatic rings. The van der Waals surface area contributed by atoms with Gasteiger partial charge in [0.2, 0.25) is 5.88 Å². The van der Waals surface area contributed by atoms with E-state index in [-0.39, 0.29) is 23.1 Å². The number of hydrogen-bond acceptors (Lipinski definition) is 4. The van der Waals surface area contributed by atoms with Crippen molar-refractivity contribution >= 4 is 15.9 Å². The van der Waals surface area contributed by atoms with E-state index in [0.29, 0.717) is 11.4 Å². The van der Waals surface area contributed by atoms with Crippen LogP contribution in [0.2, 0.25) is 0 Å². The van der Waals surface area contributed by atoms with Gasteiger partial charge in [0, 0.05) is 11.6 Å². The van der Waals surface area contributed by atoms with Crippen LogP contribution in [-0.2, 0) is 4.74 Å². The van der Waals surface area contributed by atoms with E-state index in [9.17, 15) is 9.90 Å². The molecular weight excluding hydrogens is 336 g/mol. The molecule has 0 aliphatic carbocycles. The van der Waals surface area contributed by atoms with Gasteiger partial charge in [0.15, 0.2) is 0 Å². The van der Waals surface area contributed by atoms with Gasteiger partial charge in [-0.1, -0.05) is 41.4 Å². The van der Waals surface area contributed by atoms with Gasteiger partial charge in [0.05, 0.1) is 0 Å². The second-order valence-corrected chi connectivity index (χ2v) is 5.59. The summed E-state index contributed by atoms with van der Waals surface area (Å²) >= 11 is 3.34. The van der Waals surface area contributed by atoms with Crippen LogP contribution < -0.4 is 5.56 Å². The van der Waals surface area contributed by atoms with E-state index >= 15 is 0 Å². The standard InChI is InChI=1S/C15H17BrN2O3/c1-3-5-11(21-2)13-17-14(19)12(15(20)18-13)9-6-4-7-10(16)8-9/h4,6-8,11H,3,5H2,1-2H3,(H2,17,18,19,20). The molecule has 1 atom stereocenters. The molecule has 1 aromatic heterocycles. The average molecular weight is 353 g/mol. The quantitative estimate of drug-likeness (QED) is 0.864. The van der Waals surface area contributed by atoms with Crippen LogP contribution >= 0.6 is 15.9 Å². The number of nitrogens with one attached hydrogen (secondary N) is 1. The summed E-state index contributed by atoms with van der Waals surface area (Å²) in [7, 11) is 1.56. The molecule has 2 N–H and O–H groups in total. The van der Waals surface area contributed by atoms with Crippen LogP contribution in [0.5, 0.6) is 5.88 Å². The summed E-state index contributed by atoms with van der Waals surface area (Å²) in [5.74, 6) is 0.0607. The van der Waals surface area contributed by atoms with E-state index in [4.69, 9.17) is 4.74 Å². The molecule has 0 bridgehead atoms. The Morgan fingerprint density at radius 1 is 1.48 bits per heavy atom. The molecule has 5 nitrogen and oxygen atoms in total. The highest BCUT2D eigenvalue weighted by atomic mass is 79.9. The molecule has 1 aromatic carbocycles. The first-order chi connectivity index (χ1) is 10.1. The monoisotopic (exact) mass is 352 g/mol. The SMILES string of the molecule is CCCC(OC)c1nc(O)c(-c2cccc(Br)c2)c(=O)[nH]1. The normalized spacial score (nSPS) is 12.3. The van der Waals surface area contributed by atoms with Crippen molar-refractivity contribution < 1.29 is 9.84 Å². The van der Waals surface area contributed by atoms with Gasteiger partial charge in [-0.25, -0.2) is 0 Å². The number of methoxy groups -OCH3 is 1. The van der Waals surface area contributed by atoms with Gasteiger partial charge in [-0.3, -0.25) is 4.79 Å². The number of nitrogens with zero attached hydrogens (tertiary/aromatic N) is 1. The van der Waals surface area contributed by atoms with E-state index in [0.717, 1.165) is 17.3 Å². The van der Waals surface area contributed by atoms with Gasteiger partial charge in [0.1, 0.15) is 17.5 Å². The largest absolute Gasteiger partial charge is 0.493 e. The Kier molecular flexibility index (Phi) is 5.14. The zero-order chi connectivity index (χ0) is 15.4. The number of aromatic amines is 1. The number of rotatable bonds is 5. The molecule has 112 valence electrons. The molecule has 0 fully saturated rings. The summed E-state index contributed by atoms with van der Waals surface area (Å²) < 4.78 is 6.12. The maximum Gasteiger partial charge on any atom is 0.262 e. The second-order valence-electron chi connectivity index (χ2n) is 4.67. The summed E-state index contributed by atoms with van der Waals surface area (Å²) in [6.07, 6.45) is 1.27. The minimum atomic E-state index is -0.381. The molecule has 6 heteroatoms. The Labute approximate surface area is 131 Å². The molecule has 0 aliphatic heterocycles. The maximum atomic E-state index is 12.3. The lowest BCUT2D eigenvalue weighted by atomic mass is 10.1. The van der Waals surface area contributed by atoms with Crippen molar-refractivity contribution in [1.82, 2.24) is 9.97 Å². The zero-order valence-corrected chi connectivity index (χ0v) is 13.5. The highest BCUT2D eigenvalue weighted by Crippen LogP contribution is 2.27. The fourth-order valence-corrected chi connectivity index (χ4v) is 2.56. The number of ether oxygens (including phenoxy) is 1. The predicted octanol–water partition coefficient (Wildman–Crippen LogP) is 3.39. The Morgan fingerprint density at radius 2 is 2.24 bits per heavy atom. The number of hydrogen-bond donors (Lipinski definition) is 2. The fourth-order valence-electron chi connectivity index (χ4n) is 2.16. The van der Waals surface area contributed by atoms with Crippen molar-refractivity contribution in [2.75, 3.05) is 7.11 Å². The summed E-state index contributed by atoms with van der Waals surface area (Å²) in [6.45, 7) is 2.01. The van der Waals surface area contributed by atoms with Gasteiger partial charge >= 0.3 is 0 Å². The van der Waals surface area contributed by atoms with E-state index in [1.807, 2.05) is 13.0 Å². The number of aromatic hydroxyl groups is 1. The topological polar surface area (TPSA) is 75.2 Å². The van der Waals surface area contributed by atoms with Crippen LogP contribution in [0, 0.1) is 0 Å². The van der Waals surface area contributed by atoms with E-state index in [1.54, 1.807) is 25.3 Å². The average Bonchev–Trinajstić information content (AvgIpc) is 2.44. The second kappa shape index (κ2) is 6.87. The molecule has 0 saturated heterocycles. The third-order valence-electron chi connectivity index (χ3n) is 3.17. The van der Waals surface area contributed by atoms with Crippen molar-refractivity contribution in [3.63, 3.8) is 0 Å². The number of aromatic nitrogens is 2. The lowest BCUT2D eigenvalue weighted by Crippen LogP contribution is -2.17. The number of H-pyrrole nitrogens is 1. The van der Waals surface area contributed by atoms with Crippen molar-refractivity contribution in [3.05, 3.63) is 44.9 Å². The van der Waals surface area contributed by atoms with Crippen LogP contribution in [0.1, 0.15) is 31.7 Å². The van der Waals surface area contributed by atoms with E-state index < -0.39 is 0 Å². The third kappa shape index (κ3) is 3.51. The molecule has 0 spiro atoms. The third-order valence-corrected chi connectivity index (χ3v) is 3.67. The Bertz CT molecular complexity index is 685. The van der Waals surface area contributed by atoms with Crippen LogP contribution in [-0.4, -0.2) is 22.2 Å². The van der Waals surface area contributed by atoms with E-state index in [1.165, 1.54) is 0 Å². The van der Waals surface area contributed by atoms with Gasteiger partial charge < -0.3 is 14.8 Å². The highest BCUT2D eigenvalue weighted by molar-refractivity contribution is 9.10. The predicted molar refractivity (Wildman–Crippen MR) is 84.3 cm³/mol. The lowest BCUT2D eigenvalue weighted by Gasteiger charge is -2.14. The van der Waals surface area contributed by atoms with Crippen LogP contribution in [0.15, 0.2) is 33.5 Å². The Balaban J connectivity index is 2.49. The molecule has 0 radical (unpaired) electrons. The molecule has 2 rings (SSSR count). The Morgan fingerprint density at radius 3 is 2.81 bits per heavy atom. The first-order valence-electron chi connectivity index (χ1n) is 6.68. The van der Waals surface area contributed by atoms with Crippen molar-refractivity contribution in [2.24, 2.45) is 0 Å². The van der Waals surface area contributed by atoms with Gasteiger partial charge in [0.25, 0.3) is 5.56 Å². The van der Waals surface area contributed by atoms with Gasteiger partial charge in [-0.05, 0) is 24.1 Å². The zero-order valence-electron chi connectivity index (χ0n) is 11.9. The lowest BCUT2D eigenvalue weighted by molar-refractivity contribution is 0.0868. The van der Waals surface area contributed by atoms with Gasteiger partial charge in [-0.2, -0.15) is 4.98 Å². The van der Waals surface area contributed by atoms with Crippen molar-refractivity contribution in [3.8, 4) is 17.0 Å². The Hall–Kier alpha value is -1.66. The van der Waals surface area contributed by atoms with Crippen molar-refractivity contribution in [1.29, 1.82) is 0 Å². The first kappa shape index (κ1) is 15.7. The minimum absolute atomic E-state index is 0.159. The summed E-state index contributed by atoms with van der Waals surface area (Å²) in [4.78, 5) is 19.1. The molecule has 1 unspecified atom stereocenters. The highest BCUT2D eigenvalue weighted by Gasteiger charge is 2.18. The first-order valence-corrected chi connectivity index (χ1v) is 7.48. The van der Waals surface area contributed by atoms with E-state index in [2.05, 4.69) is 25.9 Å². The molecular formula is C15H17BrN2O3. The van der Waals surface area contributed by atoms with Crippen molar-refractivity contribution in [2.45, 2.75) is 25.9 Å². The molecule has 0 saturated carbocycles. The maximum absolute atomic E-state index is 12.3. The summed E-state index contributed by atoms with van der Waals surface area (Å²) in [5.41, 5.74) is 0.381. The van der Waals surface area contributed by atoms with Crippen LogP contribution in [0.3, 0.4) is 0 Å². The molecule has 1 heterocycles. The summed E-state index contributed by atoms with van der Waals surface area (Å²) in [5, 5.41) is 10.1. The van der Waals surface area contributed by atoms with Gasteiger partial charge in [-0.15, -0.1) is 0 Å². The smallest absolute Gasteiger partial charge is 0.262 e. The minimum Gasteiger partial charge on any atom is -0.493 e. The fraction of sp³-hybridized carbons (Fsp3) is 0.333. The molecule has 21 heavy (non-hydrogen) atoms. The number of halogens is 1.